The normalized spacial score (nSPS) is 12.4. The number of hydrogen-bond acceptors (Lipinski definition) is 4. The molecule has 1 rings (SSSR count). The third kappa shape index (κ3) is 4.66. The molecule has 0 spiro atoms. The second-order valence-electron chi connectivity index (χ2n) is 5.01. The summed E-state index contributed by atoms with van der Waals surface area (Å²) in [7, 11) is -3.15. The predicted octanol–water partition coefficient (Wildman–Crippen LogP) is 2.05. The average molecular weight is 271 g/mol. The van der Waals surface area contributed by atoms with Crippen LogP contribution in [0.15, 0.2) is 29.2 Å². The lowest BCUT2D eigenvalue weighted by molar-refractivity contribution is 0.0945. The van der Waals surface area contributed by atoms with Crippen LogP contribution in [0, 0.1) is 0 Å². The summed E-state index contributed by atoms with van der Waals surface area (Å²) in [6.07, 6.45) is 0.612. The molecule has 0 radical (unpaired) electrons. The lowest BCUT2D eigenvalue weighted by Crippen LogP contribution is -2.29. The molecule has 102 valence electrons. The third-order valence-electron chi connectivity index (χ3n) is 2.41. The van der Waals surface area contributed by atoms with Gasteiger partial charge in [0, 0.05) is 12.2 Å². The van der Waals surface area contributed by atoms with Gasteiger partial charge in [0.2, 0.25) is 0 Å². The van der Waals surface area contributed by atoms with E-state index in [4.69, 9.17) is 0 Å². The van der Waals surface area contributed by atoms with Crippen LogP contribution in [-0.2, 0) is 9.84 Å². The summed E-state index contributed by atoms with van der Waals surface area (Å²) in [6, 6.07) is 6.62. The first kappa shape index (κ1) is 15.0. The number of aliphatic hydroxyl groups is 1. The zero-order valence-corrected chi connectivity index (χ0v) is 11.9. The van der Waals surface area contributed by atoms with E-state index in [0.717, 1.165) is 5.69 Å². The predicted molar refractivity (Wildman–Crippen MR) is 73.6 cm³/mol. The molecule has 2 N–H and O–H groups in total. The van der Waals surface area contributed by atoms with Gasteiger partial charge in [0.1, 0.15) is 0 Å². The number of rotatable bonds is 6. The smallest absolute Gasteiger partial charge is 0.178 e. The van der Waals surface area contributed by atoms with E-state index in [1.165, 1.54) is 0 Å². The molecule has 4 nitrogen and oxygen atoms in total. The number of anilines is 1. The first-order valence-corrected chi connectivity index (χ1v) is 7.69. The molecule has 1 aromatic carbocycles. The van der Waals surface area contributed by atoms with Gasteiger partial charge in [0.05, 0.1) is 16.2 Å². The monoisotopic (exact) mass is 271 g/mol. The summed E-state index contributed by atoms with van der Waals surface area (Å²) in [4.78, 5) is 0.346. The Hall–Kier alpha value is -1.07. The van der Waals surface area contributed by atoms with Gasteiger partial charge in [0.25, 0.3) is 0 Å². The molecule has 5 heteroatoms. The Morgan fingerprint density at radius 3 is 2.22 bits per heavy atom. The van der Waals surface area contributed by atoms with Gasteiger partial charge < -0.3 is 10.4 Å². The van der Waals surface area contributed by atoms with Gasteiger partial charge in [0.15, 0.2) is 9.84 Å². The summed E-state index contributed by atoms with van der Waals surface area (Å²) >= 11 is 0. The Morgan fingerprint density at radius 2 is 1.78 bits per heavy atom. The van der Waals surface area contributed by atoms with Crippen LogP contribution in [0.1, 0.15) is 27.2 Å². The molecule has 0 aliphatic carbocycles. The van der Waals surface area contributed by atoms with Crippen LogP contribution in [0.2, 0.25) is 0 Å². The topological polar surface area (TPSA) is 66.4 Å². The second-order valence-corrected chi connectivity index (χ2v) is 7.12. The first-order chi connectivity index (χ1) is 8.24. The Bertz CT molecular complexity index is 472. The minimum absolute atomic E-state index is 0.170. The Morgan fingerprint density at radius 1 is 1.22 bits per heavy atom. The third-order valence-corrected chi connectivity index (χ3v) is 4.35. The molecule has 0 aliphatic heterocycles. The zero-order chi connectivity index (χ0) is 13.8. The number of benzene rings is 1. The van der Waals surface area contributed by atoms with Crippen LogP contribution in [0.5, 0.6) is 0 Å². The molecular weight excluding hydrogens is 250 g/mol. The van der Waals surface area contributed by atoms with Crippen molar-refractivity contribution in [3.63, 3.8) is 0 Å². The van der Waals surface area contributed by atoms with E-state index in [1.807, 2.05) is 6.92 Å². The fourth-order valence-electron chi connectivity index (χ4n) is 1.49. The van der Waals surface area contributed by atoms with Crippen molar-refractivity contribution >= 4 is 15.5 Å². The van der Waals surface area contributed by atoms with Crippen molar-refractivity contribution in [1.29, 1.82) is 0 Å². The van der Waals surface area contributed by atoms with E-state index in [0.29, 0.717) is 17.9 Å². The van der Waals surface area contributed by atoms with Crippen molar-refractivity contribution in [2.24, 2.45) is 0 Å². The molecule has 0 heterocycles. The molecule has 0 atom stereocenters. The van der Waals surface area contributed by atoms with Crippen LogP contribution in [0.25, 0.3) is 0 Å². The number of sulfone groups is 1. The van der Waals surface area contributed by atoms with Crippen molar-refractivity contribution < 1.29 is 13.5 Å². The molecule has 0 aromatic heterocycles. The van der Waals surface area contributed by atoms with Crippen LogP contribution in [0.3, 0.4) is 0 Å². The summed E-state index contributed by atoms with van der Waals surface area (Å²) in [5, 5.41) is 12.6. The maximum absolute atomic E-state index is 11.8. The Kier molecular flexibility index (Phi) is 4.76. The standard InChI is InChI=1S/C13H21NO3S/c1-4-9-18(16,17)12-7-5-11(6-8-12)14-10-13(2,3)15/h5-8,14-15H,4,9-10H2,1-3H3. The van der Waals surface area contributed by atoms with E-state index < -0.39 is 15.4 Å². The first-order valence-electron chi connectivity index (χ1n) is 6.04. The van der Waals surface area contributed by atoms with Crippen molar-refractivity contribution in [2.75, 3.05) is 17.6 Å². The van der Waals surface area contributed by atoms with Gasteiger partial charge in [-0.2, -0.15) is 0 Å². The highest BCUT2D eigenvalue weighted by Gasteiger charge is 2.14. The molecule has 18 heavy (non-hydrogen) atoms. The van der Waals surface area contributed by atoms with Crippen LogP contribution in [0.4, 0.5) is 5.69 Å². The van der Waals surface area contributed by atoms with E-state index in [2.05, 4.69) is 5.32 Å². The van der Waals surface area contributed by atoms with Gasteiger partial charge in [-0.3, -0.25) is 0 Å². The summed E-state index contributed by atoms with van der Waals surface area (Å²) in [5.41, 5.74) is 0.0000268. The number of nitrogens with one attached hydrogen (secondary N) is 1. The maximum atomic E-state index is 11.8. The second kappa shape index (κ2) is 5.71. The highest BCUT2D eigenvalue weighted by Crippen LogP contribution is 2.16. The Balaban J connectivity index is 2.75. The lowest BCUT2D eigenvalue weighted by Gasteiger charge is -2.18. The zero-order valence-electron chi connectivity index (χ0n) is 11.1. The highest BCUT2D eigenvalue weighted by molar-refractivity contribution is 7.91. The fraction of sp³-hybridized carbons (Fsp3) is 0.538. The highest BCUT2D eigenvalue weighted by atomic mass is 32.2. The van der Waals surface area contributed by atoms with Crippen molar-refractivity contribution in [1.82, 2.24) is 0 Å². The van der Waals surface area contributed by atoms with Crippen molar-refractivity contribution in [2.45, 2.75) is 37.7 Å². The molecule has 0 unspecified atom stereocenters. The van der Waals surface area contributed by atoms with Crippen LogP contribution >= 0.6 is 0 Å². The SMILES string of the molecule is CCCS(=O)(=O)c1ccc(NCC(C)(C)O)cc1. The van der Waals surface area contributed by atoms with Crippen molar-refractivity contribution in [3.8, 4) is 0 Å². The number of hydrogen-bond donors (Lipinski definition) is 2. The molecule has 0 saturated heterocycles. The minimum atomic E-state index is -3.15. The molecule has 1 aromatic rings. The van der Waals surface area contributed by atoms with Gasteiger partial charge in [-0.15, -0.1) is 0 Å². The minimum Gasteiger partial charge on any atom is -0.389 e. The van der Waals surface area contributed by atoms with E-state index in [1.54, 1.807) is 38.1 Å². The fourth-order valence-corrected chi connectivity index (χ4v) is 2.81. The van der Waals surface area contributed by atoms with Gasteiger partial charge >= 0.3 is 0 Å². The van der Waals surface area contributed by atoms with Crippen LogP contribution in [-0.4, -0.2) is 31.4 Å². The Labute approximate surface area is 109 Å². The summed E-state index contributed by atoms with van der Waals surface area (Å²) in [5.74, 6) is 0.170. The maximum Gasteiger partial charge on any atom is 0.178 e. The largest absolute Gasteiger partial charge is 0.389 e. The quantitative estimate of drug-likeness (QED) is 0.831. The summed E-state index contributed by atoms with van der Waals surface area (Å²) in [6.45, 7) is 5.67. The van der Waals surface area contributed by atoms with E-state index in [9.17, 15) is 13.5 Å². The molecule has 0 fully saturated rings. The lowest BCUT2D eigenvalue weighted by atomic mass is 10.1. The molecule has 0 bridgehead atoms. The van der Waals surface area contributed by atoms with Gasteiger partial charge in [-0.05, 0) is 44.5 Å². The molecule has 0 aliphatic rings. The van der Waals surface area contributed by atoms with E-state index >= 15 is 0 Å². The average Bonchev–Trinajstić information content (AvgIpc) is 2.26. The molecular formula is C13H21NO3S. The van der Waals surface area contributed by atoms with Crippen LogP contribution < -0.4 is 5.32 Å². The van der Waals surface area contributed by atoms with Gasteiger partial charge in [-0.25, -0.2) is 8.42 Å². The van der Waals surface area contributed by atoms with Gasteiger partial charge in [-0.1, -0.05) is 6.92 Å². The van der Waals surface area contributed by atoms with E-state index in [-0.39, 0.29) is 5.75 Å². The molecule has 0 amide bonds. The molecule has 0 saturated carbocycles. The summed E-state index contributed by atoms with van der Waals surface area (Å²) < 4.78 is 23.6. The van der Waals surface area contributed by atoms with Crippen molar-refractivity contribution in [3.05, 3.63) is 24.3 Å².